The van der Waals surface area contributed by atoms with Crippen molar-refractivity contribution in [1.82, 2.24) is 4.31 Å². The summed E-state index contributed by atoms with van der Waals surface area (Å²) in [7, 11) is -2.21. The van der Waals surface area contributed by atoms with Crippen LogP contribution in [0.15, 0.2) is 22.7 Å². The fraction of sp³-hybridized carbons (Fsp3) is 0.333. The largest absolute Gasteiger partial charge is 0.304 e. The second-order valence-electron chi connectivity index (χ2n) is 3.47. The van der Waals surface area contributed by atoms with Crippen LogP contribution in [-0.2, 0) is 10.2 Å². The lowest BCUT2D eigenvalue weighted by Crippen LogP contribution is -2.32. The van der Waals surface area contributed by atoms with Gasteiger partial charge in [-0.25, -0.2) is 4.39 Å². The van der Waals surface area contributed by atoms with Crippen LogP contribution >= 0.6 is 15.9 Å². The molecule has 4 nitrogen and oxygen atoms in total. The highest BCUT2D eigenvalue weighted by Gasteiger charge is 2.36. The monoisotopic (exact) mass is 308 g/mol. The third-order valence-electron chi connectivity index (χ3n) is 2.33. The van der Waals surface area contributed by atoms with Crippen LogP contribution in [0.4, 0.5) is 10.1 Å². The van der Waals surface area contributed by atoms with E-state index in [2.05, 4.69) is 15.9 Å². The molecular formula is C9H10BrFN2O2S. The fourth-order valence-corrected chi connectivity index (χ4v) is 2.92. The van der Waals surface area contributed by atoms with Gasteiger partial charge in [-0.1, -0.05) is 15.9 Å². The normalized spacial score (nSPS) is 16.2. The smallest absolute Gasteiger partial charge is 0.258 e. The summed E-state index contributed by atoms with van der Waals surface area (Å²) in [6, 6.07) is 4.20. The second-order valence-corrected chi connectivity index (χ2v) is 6.35. The van der Waals surface area contributed by atoms with Crippen molar-refractivity contribution in [2.24, 2.45) is 0 Å². The molecule has 0 amide bonds. The summed E-state index contributed by atoms with van der Waals surface area (Å²) in [5.41, 5.74) is 0.0428. The van der Waals surface area contributed by atoms with Crippen LogP contribution in [0.5, 0.6) is 0 Å². The minimum absolute atomic E-state index is 0.0428. The van der Waals surface area contributed by atoms with E-state index >= 15 is 0 Å². The van der Waals surface area contributed by atoms with Gasteiger partial charge in [-0.15, -0.1) is 0 Å². The van der Waals surface area contributed by atoms with E-state index in [4.69, 9.17) is 0 Å². The highest BCUT2D eigenvalue weighted by molar-refractivity contribution is 9.10. The minimum atomic E-state index is -3.55. The number of rotatable bonds is 3. The number of hydrogen-bond donors (Lipinski definition) is 0. The van der Waals surface area contributed by atoms with Crippen molar-refractivity contribution in [3.63, 3.8) is 0 Å². The quantitative estimate of drug-likeness (QED) is 0.796. The molecule has 0 aliphatic carbocycles. The molecule has 0 atom stereocenters. The van der Waals surface area contributed by atoms with Crippen molar-refractivity contribution in [2.75, 3.05) is 24.4 Å². The second kappa shape index (κ2) is 3.97. The molecule has 2 rings (SSSR count). The van der Waals surface area contributed by atoms with Gasteiger partial charge in [0.2, 0.25) is 0 Å². The van der Waals surface area contributed by atoms with Gasteiger partial charge in [0, 0.05) is 24.6 Å². The molecule has 1 saturated heterocycles. The lowest BCUT2D eigenvalue weighted by molar-refractivity contribution is 0.558. The summed E-state index contributed by atoms with van der Waals surface area (Å²) in [6.45, 7) is 1.00. The number of hydrogen-bond acceptors (Lipinski definition) is 2. The molecule has 1 aromatic rings. The molecule has 1 aliphatic rings. The maximum absolute atomic E-state index is 13.5. The Labute approximate surface area is 102 Å². The number of anilines is 1. The Morgan fingerprint density at radius 1 is 1.44 bits per heavy atom. The van der Waals surface area contributed by atoms with Crippen molar-refractivity contribution in [2.45, 2.75) is 0 Å². The van der Waals surface area contributed by atoms with E-state index in [1.165, 1.54) is 29.6 Å². The summed E-state index contributed by atoms with van der Waals surface area (Å²) in [4.78, 5) is 0. The van der Waals surface area contributed by atoms with Gasteiger partial charge < -0.3 is 0 Å². The molecule has 16 heavy (non-hydrogen) atoms. The average molecular weight is 309 g/mol. The molecule has 1 fully saturated rings. The summed E-state index contributed by atoms with van der Waals surface area (Å²) in [5.74, 6) is -0.559. The average Bonchev–Trinajstić information content (AvgIpc) is 3.04. The lowest BCUT2D eigenvalue weighted by Gasteiger charge is -2.20. The zero-order valence-corrected chi connectivity index (χ0v) is 10.9. The molecule has 1 heterocycles. The molecule has 0 N–H and O–H groups in total. The molecule has 1 aliphatic heterocycles. The van der Waals surface area contributed by atoms with Gasteiger partial charge in [0.05, 0.1) is 5.69 Å². The highest BCUT2D eigenvalue weighted by Crippen LogP contribution is 2.27. The van der Waals surface area contributed by atoms with Crippen molar-refractivity contribution < 1.29 is 12.8 Å². The van der Waals surface area contributed by atoms with Crippen LogP contribution in [-0.4, -0.2) is 32.9 Å². The predicted octanol–water partition coefficient (Wildman–Crippen LogP) is 1.58. The first-order chi connectivity index (χ1) is 7.43. The Morgan fingerprint density at radius 2 is 2.06 bits per heavy atom. The summed E-state index contributed by atoms with van der Waals surface area (Å²) in [6.07, 6.45) is 0. The van der Waals surface area contributed by atoms with Crippen molar-refractivity contribution >= 4 is 31.8 Å². The first kappa shape index (κ1) is 11.8. The van der Waals surface area contributed by atoms with Gasteiger partial charge in [-0.05, 0) is 18.2 Å². The molecule has 0 bridgehead atoms. The molecule has 0 radical (unpaired) electrons. The van der Waals surface area contributed by atoms with Gasteiger partial charge in [0.15, 0.2) is 0 Å². The Balaban J connectivity index is 2.40. The zero-order chi connectivity index (χ0) is 11.9. The van der Waals surface area contributed by atoms with Gasteiger partial charge in [-0.3, -0.25) is 4.31 Å². The standard InChI is InChI=1S/C9H10BrFN2O2S/c1-12(16(14,15)13-4-5-13)9-6-7(10)2-3-8(9)11/h2-3,6H,4-5H2,1H3. The maximum Gasteiger partial charge on any atom is 0.304 e. The number of halogens is 2. The Morgan fingerprint density at radius 3 is 2.62 bits per heavy atom. The van der Waals surface area contributed by atoms with Crippen molar-refractivity contribution in [3.8, 4) is 0 Å². The summed E-state index contributed by atoms with van der Waals surface area (Å²) >= 11 is 3.18. The van der Waals surface area contributed by atoms with E-state index in [1.54, 1.807) is 0 Å². The first-order valence-corrected chi connectivity index (χ1v) is 6.81. The summed E-state index contributed by atoms with van der Waals surface area (Å²) < 4.78 is 40.0. The third kappa shape index (κ3) is 2.07. The van der Waals surface area contributed by atoms with Crippen molar-refractivity contribution in [1.29, 1.82) is 0 Å². The summed E-state index contributed by atoms with van der Waals surface area (Å²) in [5, 5.41) is 0. The SMILES string of the molecule is CN(c1cc(Br)ccc1F)S(=O)(=O)N1CC1. The van der Waals surface area contributed by atoms with Crippen molar-refractivity contribution in [3.05, 3.63) is 28.5 Å². The van der Waals surface area contributed by atoms with E-state index in [1.807, 2.05) is 0 Å². The van der Waals surface area contributed by atoms with Crippen LogP contribution < -0.4 is 4.31 Å². The molecule has 0 unspecified atom stereocenters. The van der Waals surface area contributed by atoms with Gasteiger partial charge in [-0.2, -0.15) is 12.7 Å². The zero-order valence-electron chi connectivity index (χ0n) is 8.52. The fourth-order valence-electron chi connectivity index (χ4n) is 1.30. The Bertz CT molecular complexity index is 516. The van der Waals surface area contributed by atoms with Crippen LogP contribution in [0.25, 0.3) is 0 Å². The third-order valence-corrected chi connectivity index (χ3v) is 4.73. The van der Waals surface area contributed by atoms with Gasteiger partial charge in [0.1, 0.15) is 5.82 Å². The van der Waals surface area contributed by atoms with Crippen LogP contribution in [0.3, 0.4) is 0 Å². The number of nitrogens with zero attached hydrogens (tertiary/aromatic N) is 2. The van der Waals surface area contributed by atoms with E-state index in [9.17, 15) is 12.8 Å². The molecule has 7 heteroatoms. The Kier molecular flexibility index (Phi) is 2.93. The highest BCUT2D eigenvalue weighted by atomic mass is 79.9. The van der Waals surface area contributed by atoms with Crippen LogP contribution in [0.1, 0.15) is 0 Å². The van der Waals surface area contributed by atoms with Crippen LogP contribution in [0.2, 0.25) is 0 Å². The molecule has 88 valence electrons. The minimum Gasteiger partial charge on any atom is -0.258 e. The maximum atomic E-state index is 13.5. The molecule has 0 spiro atoms. The van der Waals surface area contributed by atoms with Gasteiger partial charge in [0.25, 0.3) is 0 Å². The molecule has 0 aromatic heterocycles. The van der Waals surface area contributed by atoms with E-state index in [-0.39, 0.29) is 5.69 Å². The van der Waals surface area contributed by atoms with Gasteiger partial charge >= 0.3 is 10.2 Å². The number of benzene rings is 1. The Hall–Kier alpha value is -0.660. The van der Waals surface area contributed by atoms with E-state index in [0.717, 1.165) is 4.31 Å². The topological polar surface area (TPSA) is 40.4 Å². The molecule has 1 aromatic carbocycles. The molecular weight excluding hydrogens is 299 g/mol. The molecule has 0 saturated carbocycles. The predicted molar refractivity (Wildman–Crippen MR) is 63.0 cm³/mol. The van der Waals surface area contributed by atoms with E-state index < -0.39 is 16.0 Å². The van der Waals surface area contributed by atoms with E-state index in [0.29, 0.717) is 17.6 Å². The lowest BCUT2D eigenvalue weighted by atomic mass is 10.3. The van der Waals surface area contributed by atoms with Crippen LogP contribution in [0, 0.1) is 5.82 Å². The first-order valence-electron chi connectivity index (χ1n) is 4.62.